The second-order valence-electron chi connectivity index (χ2n) is 3.85. The first kappa shape index (κ1) is 14.2. The molecule has 0 fully saturated rings. The Labute approximate surface area is 101 Å². The van der Waals surface area contributed by atoms with Crippen LogP contribution in [0.15, 0.2) is 21.6 Å². The maximum Gasteiger partial charge on any atom is 0.273 e. The van der Waals surface area contributed by atoms with Crippen molar-refractivity contribution in [2.24, 2.45) is 5.92 Å². The molecule has 1 atom stereocenters. The molecule has 0 amide bonds. The zero-order chi connectivity index (χ0) is 12.9. The Morgan fingerprint density at radius 2 is 2.18 bits per heavy atom. The van der Waals surface area contributed by atoms with E-state index in [4.69, 9.17) is 9.52 Å². The van der Waals surface area contributed by atoms with Gasteiger partial charge in [-0.2, -0.15) is 0 Å². The summed E-state index contributed by atoms with van der Waals surface area (Å²) in [5.74, 6) is 0.703. The Hall–Kier alpha value is -0.890. The summed E-state index contributed by atoms with van der Waals surface area (Å²) < 4.78 is 30.1. The third-order valence-corrected chi connectivity index (χ3v) is 3.56. The van der Waals surface area contributed by atoms with E-state index in [1.54, 1.807) is 6.07 Å². The predicted molar refractivity (Wildman–Crippen MR) is 62.9 cm³/mol. The highest BCUT2D eigenvalue weighted by molar-refractivity contribution is 7.89. The number of rotatable bonds is 7. The fraction of sp³-hybridized carbons (Fsp3) is 0.600. The van der Waals surface area contributed by atoms with Gasteiger partial charge in [-0.1, -0.05) is 6.92 Å². The third kappa shape index (κ3) is 4.12. The zero-order valence-corrected chi connectivity index (χ0v) is 10.8. The van der Waals surface area contributed by atoms with Crippen LogP contribution in [0.5, 0.6) is 0 Å². The van der Waals surface area contributed by atoms with Crippen LogP contribution in [0.4, 0.5) is 0 Å². The first-order valence-electron chi connectivity index (χ1n) is 5.33. The van der Waals surface area contributed by atoms with Gasteiger partial charge in [0.25, 0.3) is 10.0 Å². The lowest BCUT2D eigenvalue weighted by molar-refractivity contribution is 0.232. The molecule has 1 aromatic rings. The van der Waals surface area contributed by atoms with Gasteiger partial charge in [0.05, 0.1) is 6.54 Å². The fourth-order valence-corrected chi connectivity index (χ4v) is 1.87. The summed E-state index contributed by atoms with van der Waals surface area (Å²) in [5.41, 5.74) is 0. The lowest BCUT2D eigenvalue weighted by Crippen LogP contribution is -2.22. The Bertz CT molecular complexity index is 441. The van der Waals surface area contributed by atoms with Gasteiger partial charge in [0.2, 0.25) is 5.09 Å². The zero-order valence-electron chi connectivity index (χ0n) is 9.93. The molecule has 3 N–H and O–H groups in total. The summed E-state index contributed by atoms with van der Waals surface area (Å²) in [6.07, 6.45) is 0. The number of aliphatic hydroxyl groups is 1. The molecule has 1 unspecified atom stereocenters. The summed E-state index contributed by atoms with van der Waals surface area (Å²) in [5, 5.41) is 11.8. The number of nitrogens with one attached hydrogen (secondary N) is 2. The molecule has 0 aliphatic heterocycles. The smallest absolute Gasteiger partial charge is 0.273 e. The highest BCUT2D eigenvalue weighted by Crippen LogP contribution is 2.13. The van der Waals surface area contributed by atoms with Gasteiger partial charge < -0.3 is 14.8 Å². The van der Waals surface area contributed by atoms with E-state index >= 15 is 0 Å². The molecule has 1 rings (SSSR count). The minimum atomic E-state index is -3.51. The van der Waals surface area contributed by atoms with Crippen LogP contribution in [0.1, 0.15) is 12.7 Å². The number of sulfonamides is 1. The van der Waals surface area contributed by atoms with Crippen molar-refractivity contribution in [1.29, 1.82) is 0 Å². The number of hydrogen-bond donors (Lipinski definition) is 3. The van der Waals surface area contributed by atoms with E-state index in [9.17, 15) is 8.42 Å². The average Bonchev–Trinajstić information content (AvgIpc) is 2.78. The van der Waals surface area contributed by atoms with Crippen LogP contribution < -0.4 is 10.0 Å². The first-order valence-corrected chi connectivity index (χ1v) is 6.81. The van der Waals surface area contributed by atoms with E-state index in [0.717, 1.165) is 0 Å². The monoisotopic (exact) mass is 262 g/mol. The summed E-state index contributed by atoms with van der Waals surface area (Å²) >= 11 is 0. The number of furan rings is 1. The lowest BCUT2D eigenvalue weighted by Gasteiger charge is -2.07. The summed E-state index contributed by atoms with van der Waals surface area (Å²) in [6, 6.07) is 3.03. The highest BCUT2D eigenvalue weighted by Gasteiger charge is 2.16. The topological polar surface area (TPSA) is 91.6 Å². The van der Waals surface area contributed by atoms with Crippen LogP contribution in [0.2, 0.25) is 0 Å². The normalized spacial score (nSPS) is 13.8. The van der Waals surface area contributed by atoms with Crippen molar-refractivity contribution in [3.05, 3.63) is 17.9 Å². The SMILES string of the molecule is CNS(=O)(=O)c1ccc(CNCC(C)CO)o1. The molecule has 6 nitrogen and oxygen atoms in total. The van der Waals surface area contributed by atoms with Crippen LogP contribution in [-0.4, -0.2) is 33.7 Å². The van der Waals surface area contributed by atoms with Gasteiger partial charge in [-0.25, -0.2) is 13.1 Å². The Morgan fingerprint density at radius 1 is 1.47 bits per heavy atom. The molecule has 0 aromatic carbocycles. The van der Waals surface area contributed by atoms with Gasteiger partial charge in [-0.15, -0.1) is 0 Å². The van der Waals surface area contributed by atoms with Crippen LogP contribution in [0.3, 0.4) is 0 Å². The maximum absolute atomic E-state index is 11.4. The molecule has 0 bridgehead atoms. The van der Waals surface area contributed by atoms with E-state index in [0.29, 0.717) is 18.8 Å². The van der Waals surface area contributed by atoms with E-state index in [2.05, 4.69) is 10.0 Å². The van der Waals surface area contributed by atoms with Crippen LogP contribution in [0, 0.1) is 5.92 Å². The van der Waals surface area contributed by atoms with Crippen LogP contribution in [-0.2, 0) is 16.6 Å². The van der Waals surface area contributed by atoms with Crippen molar-refractivity contribution in [2.45, 2.75) is 18.6 Å². The summed E-state index contributed by atoms with van der Waals surface area (Å²) in [6.45, 7) is 3.10. The lowest BCUT2D eigenvalue weighted by atomic mass is 10.2. The van der Waals surface area contributed by atoms with Gasteiger partial charge in [-0.3, -0.25) is 0 Å². The Morgan fingerprint density at radius 3 is 2.76 bits per heavy atom. The van der Waals surface area contributed by atoms with Crippen molar-refractivity contribution in [1.82, 2.24) is 10.0 Å². The molecule has 0 saturated heterocycles. The van der Waals surface area contributed by atoms with E-state index < -0.39 is 10.0 Å². The summed E-state index contributed by atoms with van der Waals surface area (Å²) in [7, 11) is -2.18. The number of hydrogen-bond acceptors (Lipinski definition) is 5. The third-order valence-electron chi connectivity index (χ3n) is 2.27. The second kappa shape index (κ2) is 6.15. The van der Waals surface area contributed by atoms with Gasteiger partial charge >= 0.3 is 0 Å². The van der Waals surface area contributed by atoms with Gasteiger partial charge in [-0.05, 0) is 25.1 Å². The number of aliphatic hydroxyl groups excluding tert-OH is 1. The molecule has 1 aromatic heterocycles. The molecule has 0 aliphatic carbocycles. The maximum atomic E-state index is 11.4. The fourth-order valence-electron chi connectivity index (χ4n) is 1.20. The quantitative estimate of drug-likeness (QED) is 0.638. The van der Waals surface area contributed by atoms with Crippen molar-refractivity contribution < 1.29 is 17.9 Å². The van der Waals surface area contributed by atoms with Crippen molar-refractivity contribution >= 4 is 10.0 Å². The van der Waals surface area contributed by atoms with E-state index in [1.165, 1.54) is 13.1 Å². The Kier molecular flexibility index (Phi) is 5.13. The van der Waals surface area contributed by atoms with Crippen LogP contribution >= 0.6 is 0 Å². The minimum absolute atomic E-state index is 0.0907. The first-order chi connectivity index (χ1) is 7.99. The average molecular weight is 262 g/mol. The minimum Gasteiger partial charge on any atom is -0.447 e. The molecule has 7 heteroatoms. The molecule has 0 spiro atoms. The van der Waals surface area contributed by atoms with E-state index in [-0.39, 0.29) is 17.6 Å². The highest BCUT2D eigenvalue weighted by atomic mass is 32.2. The van der Waals surface area contributed by atoms with Gasteiger partial charge in [0, 0.05) is 13.2 Å². The largest absolute Gasteiger partial charge is 0.447 e. The van der Waals surface area contributed by atoms with Gasteiger partial charge in [0.1, 0.15) is 5.76 Å². The molecule has 1 heterocycles. The Balaban J connectivity index is 2.52. The summed E-state index contributed by atoms with van der Waals surface area (Å²) in [4.78, 5) is 0. The predicted octanol–water partition coefficient (Wildman–Crippen LogP) is -0.0943. The van der Waals surface area contributed by atoms with Crippen molar-refractivity contribution in [3.8, 4) is 0 Å². The molecular weight excluding hydrogens is 244 g/mol. The van der Waals surface area contributed by atoms with Gasteiger partial charge in [0.15, 0.2) is 0 Å². The molecule has 0 radical (unpaired) electrons. The van der Waals surface area contributed by atoms with Crippen molar-refractivity contribution in [2.75, 3.05) is 20.2 Å². The van der Waals surface area contributed by atoms with E-state index in [1.807, 2.05) is 6.92 Å². The molecular formula is C10H18N2O4S. The molecule has 98 valence electrons. The molecule has 0 saturated carbocycles. The standard InChI is InChI=1S/C10H18N2O4S/c1-8(7-13)5-12-6-9-3-4-10(16-9)17(14,15)11-2/h3-4,8,11-13H,5-7H2,1-2H3. The second-order valence-corrected chi connectivity index (χ2v) is 5.66. The van der Waals surface area contributed by atoms with Crippen molar-refractivity contribution in [3.63, 3.8) is 0 Å². The molecule has 0 aliphatic rings. The molecule has 17 heavy (non-hydrogen) atoms. The van der Waals surface area contributed by atoms with Crippen LogP contribution in [0.25, 0.3) is 0 Å².